The van der Waals surface area contributed by atoms with Crippen molar-refractivity contribution < 1.29 is 31.1 Å². The van der Waals surface area contributed by atoms with Gasteiger partial charge < -0.3 is 4.74 Å². The fraction of sp³-hybridized carbons (Fsp3) is 0.0714. The van der Waals surface area contributed by atoms with Crippen LogP contribution in [0.4, 0.5) is 26.3 Å². The maximum absolute atomic E-state index is 13.3. The molecular formula is C28H10F6N2O3. The highest BCUT2D eigenvalue weighted by molar-refractivity contribution is 6.10. The third-order valence-electron chi connectivity index (χ3n) is 6.24. The lowest BCUT2D eigenvalue weighted by atomic mass is 10.0. The average molecular weight is 536 g/mol. The minimum atomic E-state index is -4.92. The Bertz CT molecular complexity index is 1950. The summed E-state index contributed by atoms with van der Waals surface area (Å²) < 4.78 is 80.2. The topological polar surface area (TPSA) is 90.9 Å². The molecule has 0 radical (unpaired) electrons. The van der Waals surface area contributed by atoms with E-state index in [4.69, 9.17) is 0 Å². The number of halogens is 6. The highest BCUT2D eigenvalue weighted by Crippen LogP contribution is 2.37. The number of alkyl halides is 6. The fourth-order valence-electron chi connectivity index (χ4n) is 4.59. The van der Waals surface area contributed by atoms with Crippen LogP contribution in [-0.2, 0) is 6.18 Å². The van der Waals surface area contributed by atoms with Crippen LogP contribution in [0.1, 0.15) is 16.7 Å². The molecule has 0 aromatic heterocycles. The lowest BCUT2D eigenvalue weighted by Gasteiger charge is -2.09. The van der Waals surface area contributed by atoms with Crippen LogP contribution < -0.4 is 15.6 Å². The number of nitrogens with zero attached hydrogens (tertiary/aromatic N) is 2. The van der Waals surface area contributed by atoms with E-state index in [1.807, 2.05) is 12.1 Å². The van der Waals surface area contributed by atoms with E-state index in [0.29, 0.717) is 0 Å². The van der Waals surface area contributed by atoms with E-state index < -0.39 is 34.7 Å². The van der Waals surface area contributed by atoms with Gasteiger partial charge in [-0.1, -0.05) is 24.3 Å². The van der Waals surface area contributed by atoms with Crippen molar-refractivity contribution in [1.29, 1.82) is 10.5 Å². The third-order valence-corrected chi connectivity index (χ3v) is 6.24. The largest absolute Gasteiger partial charge is 0.573 e. The molecule has 0 fully saturated rings. The molecule has 0 N–H and O–H groups in total. The lowest BCUT2D eigenvalue weighted by molar-refractivity contribution is -0.274. The molecule has 0 aliphatic rings. The van der Waals surface area contributed by atoms with Gasteiger partial charge in [0.1, 0.15) is 17.9 Å². The number of hydrogen-bond donors (Lipinski definition) is 0. The summed E-state index contributed by atoms with van der Waals surface area (Å²) in [5.41, 5.74) is -2.57. The number of rotatable bonds is 3. The minimum Gasteiger partial charge on any atom is -0.406 e. The van der Waals surface area contributed by atoms with Gasteiger partial charge in [-0.25, -0.2) is 0 Å². The molecule has 0 aliphatic heterocycles. The zero-order chi connectivity index (χ0) is 28.3. The van der Waals surface area contributed by atoms with Gasteiger partial charge in [-0.2, -0.15) is 23.7 Å². The number of ether oxygens (including phenoxy) is 1. The standard InChI is InChI=1S/C28H10F6N2O3/c29-27(30,31)15-5-1-13(2-6-15)23-21(11-35)17-9-18-20(10-19(17)25(23)37)26(38)24(22(18)12-36)14-3-7-16(8-4-14)39-28(32,33)34/h1-10H. The molecular weight excluding hydrogens is 526 g/mol. The molecule has 192 valence electrons. The Morgan fingerprint density at radius 3 is 1.41 bits per heavy atom. The van der Waals surface area contributed by atoms with Gasteiger partial charge in [0.05, 0.1) is 16.7 Å². The molecule has 0 bridgehead atoms. The highest BCUT2D eigenvalue weighted by Gasteiger charge is 2.32. The maximum Gasteiger partial charge on any atom is 0.573 e. The van der Waals surface area contributed by atoms with Gasteiger partial charge in [0.15, 0.2) is 10.9 Å². The van der Waals surface area contributed by atoms with Crippen LogP contribution in [0.5, 0.6) is 5.75 Å². The summed E-state index contributed by atoms with van der Waals surface area (Å²) in [6.07, 6.45) is -9.52. The van der Waals surface area contributed by atoms with E-state index >= 15 is 0 Å². The van der Waals surface area contributed by atoms with Gasteiger partial charge in [0, 0.05) is 32.7 Å². The lowest BCUT2D eigenvalue weighted by Crippen LogP contribution is -2.17. The Kier molecular flexibility index (Phi) is 5.69. The first kappa shape index (κ1) is 25.5. The summed E-state index contributed by atoms with van der Waals surface area (Å²) in [5.74, 6) is -0.530. The van der Waals surface area contributed by atoms with Crippen LogP contribution in [0.15, 0.2) is 70.3 Å². The summed E-state index contributed by atoms with van der Waals surface area (Å²) in [4.78, 5) is 26.6. The van der Waals surface area contributed by atoms with Crippen molar-refractivity contribution in [2.24, 2.45) is 0 Å². The SMILES string of the molecule is N#Cc1c(-c2ccc(OC(F)(F)F)cc2)c(=O)c2cc3c(=O)c(-c4ccc(C(F)(F)F)cc4)c(C#N)c3cc12. The highest BCUT2D eigenvalue weighted by atomic mass is 19.4. The number of fused-ring (bicyclic) bond motifs is 2. The van der Waals surface area contributed by atoms with Gasteiger partial charge in [-0.05, 0) is 47.5 Å². The van der Waals surface area contributed by atoms with Gasteiger partial charge in [-0.15, -0.1) is 13.2 Å². The van der Waals surface area contributed by atoms with Crippen LogP contribution in [0.2, 0.25) is 0 Å². The van der Waals surface area contributed by atoms with E-state index in [0.717, 1.165) is 36.4 Å². The van der Waals surface area contributed by atoms with Crippen molar-refractivity contribution in [3.63, 3.8) is 0 Å². The fourth-order valence-corrected chi connectivity index (χ4v) is 4.59. The Labute approximate surface area is 214 Å². The molecule has 5 aromatic carbocycles. The molecule has 0 saturated carbocycles. The zero-order valence-corrected chi connectivity index (χ0v) is 19.2. The number of benzene rings is 3. The van der Waals surface area contributed by atoms with Gasteiger partial charge >= 0.3 is 12.5 Å². The normalized spacial score (nSPS) is 12.0. The Balaban J connectivity index is 1.70. The molecule has 5 aromatic rings. The predicted octanol–water partition coefficient (Wildman–Crippen LogP) is 6.58. The summed E-state index contributed by atoms with van der Waals surface area (Å²) in [5, 5.41) is 19.8. The molecule has 0 amide bonds. The predicted molar refractivity (Wildman–Crippen MR) is 128 cm³/mol. The van der Waals surface area contributed by atoms with Crippen LogP contribution >= 0.6 is 0 Å². The minimum absolute atomic E-state index is 0.0322. The van der Waals surface area contributed by atoms with Crippen molar-refractivity contribution >= 4 is 21.5 Å². The van der Waals surface area contributed by atoms with E-state index in [1.54, 1.807) is 0 Å². The van der Waals surface area contributed by atoms with Gasteiger partial charge in [0.25, 0.3) is 0 Å². The molecule has 0 heterocycles. The van der Waals surface area contributed by atoms with Crippen molar-refractivity contribution in [3.05, 3.63) is 97.8 Å². The molecule has 0 atom stereocenters. The van der Waals surface area contributed by atoms with Crippen LogP contribution in [-0.4, -0.2) is 6.36 Å². The van der Waals surface area contributed by atoms with Gasteiger partial charge in [-0.3, -0.25) is 9.59 Å². The van der Waals surface area contributed by atoms with Crippen LogP contribution in [0.3, 0.4) is 0 Å². The monoisotopic (exact) mass is 536 g/mol. The zero-order valence-electron chi connectivity index (χ0n) is 19.2. The number of nitriles is 2. The summed E-state index contributed by atoms with van der Waals surface area (Å²) in [6, 6.07) is 14.4. The van der Waals surface area contributed by atoms with E-state index in [-0.39, 0.29) is 54.9 Å². The van der Waals surface area contributed by atoms with Gasteiger partial charge in [0.2, 0.25) is 0 Å². The second kappa shape index (κ2) is 8.71. The molecule has 39 heavy (non-hydrogen) atoms. The summed E-state index contributed by atoms with van der Waals surface area (Å²) in [7, 11) is 0. The molecule has 0 unspecified atom stereocenters. The van der Waals surface area contributed by atoms with Crippen molar-refractivity contribution in [2.45, 2.75) is 12.5 Å². The second-order valence-corrected chi connectivity index (χ2v) is 8.47. The summed E-state index contributed by atoms with van der Waals surface area (Å²) >= 11 is 0. The van der Waals surface area contributed by atoms with Crippen molar-refractivity contribution in [3.8, 4) is 40.1 Å². The first-order chi connectivity index (χ1) is 18.3. The number of hydrogen-bond acceptors (Lipinski definition) is 5. The molecule has 5 nitrogen and oxygen atoms in total. The van der Waals surface area contributed by atoms with E-state index in [9.17, 15) is 46.5 Å². The average Bonchev–Trinajstić information content (AvgIpc) is 3.31. The smallest absolute Gasteiger partial charge is 0.406 e. The summed E-state index contributed by atoms with van der Waals surface area (Å²) in [6.45, 7) is 0. The van der Waals surface area contributed by atoms with E-state index in [1.165, 1.54) is 24.3 Å². The first-order valence-corrected chi connectivity index (χ1v) is 10.9. The van der Waals surface area contributed by atoms with Crippen LogP contribution in [0.25, 0.3) is 43.8 Å². The quantitative estimate of drug-likeness (QED) is 0.243. The molecule has 0 saturated heterocycles. The molecule has 5 rings (SSSR count). The maximum atomic E-state index is 13.3. The van der Waals surface area contributed by atoms with Crippen molar-refractivity contribution in [1.82, 2.24) is 0 Å². The Hall–Kier alpha value is -5.16. The molecule has 0 spiro atoms. The van der Waals surface area contributed by atoms with Crippen molar-refractivity contribution in [2.75, 3.05) is 0 Å². The second-order valence-electron chi connectivity index (χ2n) is 8.47. The third kappa shape index (κ3) is 4.24. The Morgan fingerprint density at radius 1 is 0.615 bits per heavy atom. The van der Waals surface area contributed by atoms with Crippen LogP contribution in [0, 0.1) is 22.7 Å². The Morgan fingerprint density at radius 2 is 1.03 bits per heavy atom. The molecule has 11 heteroatoms. The van der Waals surface area contributed by atoms with E-state index in [2.05, 4.69) is 4.74 Å². The molecule has 0 aliphatic carbocycles. The first-order valence-electron chi connectivity index (χ1n) is 10.9.